The molecular weight excluding hydrogens is 156 g/mol. The Kier molecular flexibility index (Phi) is 2.30. The van der Waals surface area contributed by atoms with Crippen LogP contribution in [0.3, 0.4) is 0 Å². The largest absolute Gasteiger partial charge is 0.256 e. The van der Waals surface area contributed by atoms with Crippen LogP contribution in [0.4, 0.5) is 0 Å². The van der Waals surface area contributed by atoms with Gasteiger partial charge in [-0.05, 0) is 0 Å². The zero-order valence-corrected chi connectivity index (χ0v) is 6.23. The van der Waals surface area contributed by atoms with Gasteiger partial charge in [0.2, 0.25) is 0 Å². The second-order valence-corrected chi connectivity index (χ2v) is 2.19. The SMILES string of the molecule is SCc1cnc(Cl)cn1. The van der Waals surface area contributed by atoms with E-state index in [-0.39, 0.29) is 0 Å². The van der Waals surface area contributed by atoms with Crippen LogP contribution in [0.25, 0.3) is 0 Å². The molecule has 0 N–H and O–H groups in total. The summed E-state index contributed by atoms with van der Waals surface area (Å²) in [5.74, 6) is 0.601. The number of nitrogens with zero attached hydrogens (tertiary/aromatic N) is 2. The van der Waals surface area contributed by atoms with Gasteiger partial charge in [-0.1, -0.05) is 11.6 Å². The van der Waals surface area contributed by atoms with Crippen molar-refractivity contribution in [1.29, 1.82) is 0 Å². The van der Waals surface area contributed by atoms with Gasteiger partial charge in [0, 0.05) is 5.75 Å². The molecule has 0 spiro atoms. The fraction of sp³-hybridized carbons (Fsp3) is 0.200. The van der Waals surface area contributed by atoms with Crippen molar-refractivity contribution >= 4 is 24.2 Å². The highest BCUT2D eigenvalue weighted by Gasteiger charge is 1.89. The predicted molar refractivity (Wildman–Crippen MR) is 39.7 cm³/mol. The Balaban J connectivity index is 2.88. The number of halogens is 1. The Morgan fingerprint density at radius 1 is 1.44 bits per heavy atom. The minimum Gasteiger partial charge on any atom is -0.256 e. The van der Waals surface area contributed by atoms with E-state index in [1.807, 2.05) is 0 Å². The minimum atomic E-state index is 0.417. The van der Waals surface area contributed by atoms with Crippen molar-refractivity contribution in [1.82, 2.24) is 9.97 Å². The Hall–Kier alpha value is -0.280. The molecule has 1 aromatic rings. The van der Waals surface area contributed by atoms with E-state index in [0.29, 0.717) is 10.9 Å². The van der Waals surface area contributed by atoms with E-state index in [1.54, 1.807) is 6.20 Å². The molecule has 0 aliphatic heterocycles. The van der Waals surface area contributed by atoms with E-state index in [2.05, 4.69) is 22.6 Å². The zero-order valence-electron chi connectivity index (χ0n) is 4.58. The van der Waals surface area contributed by atoms with Crippen LogP contribution in [-0.4, -0.2) is 9.97 Å². The van der Waals surface area contributed by atoms with E-state index in [1.165, 1.54) is 6.20 Å². The summed E-state index contributed by atoms with van der Waals surface area (Å²) in [5, 5.41) is 0.417. The van der Waals surface area contributed by atoms with Gasteiger partial charge in [0.1, 0.15) is 5.15 Å². The Labute approximate surface area is 63.7 Å². The van der Waals surface area contributed by atoms with Crippen molar-refractivity contribution in [3.63, 3.8) is 0 Å². The van der Waals surface area contributed by atoms with Gasteiger partial charge in [-0.3, -0.25) is 4.98 Å². The Morgan fingerprint density at radius 3 is 2.67 bits per heavy atom. The molecule has 0 aliphatic carbocycles. The summed E-state index contributed by atoms with van der Waals surface area (Å²) in [6, 6.07) is 0. The maximum Gasteiger partial charge on any atom is 0.147 e. The van der Waals surface area contributed by atoms with Gasteiger partial charge in [-0.2, -0.15) is 12.6 Å². The first-order valence-electron chi connectivity index (χ1n) is 2.40. The Morgan fingerprint density at radius 2 is 2.22 bits per heavy atom. The van der Waals surface area contributed by atoms with Crippen molar-refractivity contribution in [2.24, 2.45) is 0 Å². The third-order valence-electron chi connectivity index (χ3n) is 0.836. The first-order valence-corrected chi connectivity index (χ1v) is 3.41. The lowest BCUT2D eigenvalue weighted by atomic mass is 10.5. The van der Waals surface area contributed by atoms with Crippen molar-refractivity contribution in [2.45, 2.75) is 5.75 Å². The number of rotatable bonds is 1. The van der Waals surface area contributed by atoms with Crippen LogP contribution in [0.1, 0.15) is 5.69 Å². The summed E-state index contributed by atoms with van der Waals surface area (Å²) in [6.07, 6.45) is 3.11. The molecule has 1 rings (SSSR count). The fourth-order valence-electron chi connectivity index (χ4n) is 0.421. The third kappa shape index (κ3) is 1.84. The second kappa shape index (κ2) is 3.03. The number of aromatic nitrogens is 2. The monoisotopic (exact) mass is 160 g/mol. The first kappa shape index (κ1) is 6.83. The van der Waals surface area contributed by atoms with Gasteiger partial charge in [-0.15, -0.1) is 0 Å². The van der Waals surface area contributed by atoms with Crippen LogP contribution in [-0.2, 0) is 5.75 Å². The summed E-state index contributed by atoms with van der Waals surface area (Å²) >= 11 is 9.47. The van der Waals surface area contributed by atoms with Crippen molar-refractivity contribution < 1.29 is 0 Å². The van der Waals surface area contributed by atoms with Crippen LogP contribution in [0.15, 0.2) is 12.4 Å². The van der Waals surface area contributed by atoms with Crippen LogP contribution >= 0.6 is 24.2 Å². The highest BCUT2D eigenvalue weighted by molar-refractivity contribution is 7.79. The lowest BCUT2D eigenvalue weighted by molar-refractivity contribution is 1.10. The Bertz CT molecular complexity index is 187. The topological polar surface area (TPSA) is 25.8 Å². The maximum atomic E-state index is 5.47. The zero-order chi connectivity index (χ0) is 6.69. The average Bonchev–Trinajstić information content (AvgIpc) is 1.90. The molecule has 0 radical (unpaired) electrons. The maximum absolute atomic E-state index is 5.47. The van der Waals surface area contributed by atoms with Crippen molar-refractivity contribution in [3.8, 4) is 0 Å². The fourth-order valence-corrected chi connectivity index (χ4v) is 0.682. The summed E-state index contributed by atoms with van der Waals surface area (Å²) in [4.78, 5) is 7.73. The molecule has 0 fully saturated rings. The lowest BCUT2D eigenvalue weighted by Crippen LogP contribution is -1.85. The molecule has 0 aromatic carbocycles. The standard InChI is InChI=1S/C5H5ClN2S/c6-5-2-7-4(3-9)1-8-5/h1-2,9H,3H2. The summed E-state index contributed by atoms with van der Waals surface area (Å²) < 4.78 is 0. The predicted octanol–water partition coefficient (Wildman–Crippen LogP) is 1.56. The van der Waals surface area contributed by atoms with Crippen LogP contribution < -0.4 is 0 Å². The number of hydrogen-bond acceptors (Lipinski definition) is 3. The molecule has 1 heterocycles. The summed E-state index contributed by atoms with van der Waals surface area (Å²) in [6.45, 7) is 0. The van der Waals surface area contributed by atoms with Gasteiger partial charge < -0.3 is 0 Å². The minimum absolute atomic E-state index is 0.417. The van der Waals surface area contributed by atoms with Gasteiger partial charge >= 0.3 is 0 Å². The molecule has 0 saturated heterocycles. The normalized spacial score (nSPS) is 9.56. The van der Waals surface area contributed by atoms with Crippen molar-refractivity contribution in [3.05, 3.63) is 23.2 Å². The molecule has 2 nitrogen and oxygen atoms in total. The second-order valence-electron chi connectivity index (χ2n) is 1.49. The number of thiol groups is 1. The molecule has 0 atom stereocenters. The molecule has 1 aromatic heterocycles. The van der Waals surface area contributed by atoms with Crippen LogP contribution in [0, 0.1) is 0 Å². The van der Waals surface area contributed by atoms with E-state index in [9.17, 15) is 0 Å². The highest BCUT2D eigenvalue weighted by Crippen LogP contribution is 2.02. The molecule has 0 saturated carbocycles. The molecule has 0 aliphatic rings. The molecular formula is C5H5ClN2S. The quantitative estimate of drug-likeness (QED) is 0.631. The van der Waals surface area contributed by atoms with Gasteiger partial charge in [-0.25, -0.2) is 4.98 Å². The van der Waals surface area contributed by atoms with Gasteiger partial charge in [0.15, 0.2) is 0 Å². The lowest BCUT2D eigenvalue weighted by Gasteiger charge is -1.90. The van der Waals surface area contributed by atoms with E-state index in [4.69, 9.17) is 11.6 Å². The summed E-state index contributed by atoms with van der Waals surface area (Å²) in [7, 11) is 0. The van der Waals surface area contributed by atoms with Crippen LogP contribution in [0.2, 0.25) is 5.15 Å². The molecule has 9 heavy (non-hydrogen) atoms. The van der Waals surface area contributed by atoms with E-state index in [0.717, 1.165) is 5.69 Å². The van der Waals surface area contributed by atoms with Gasteiger partial charge in [0.05, 0.1) is 18.1 Å². The smallest absolute Gasteiger partial charge is 0.147 e. The average molecular weight is 161 g/mol. The van der Waals surface area contributed by atoms with E-state index < -0.39 is 0 Å². The van der Waals surface area contributed by atoms with E-state index >= 15 is 0 Å². The van der Waals surface area contributed by atoms with Gasteiger partial charge in [0.25, 0.3) is 0 Å². The molecule has 0 bridgehead atoms. The molecule has 0 unspecified atom stereocenters. The first-order chi connectivity index (χ1) is 4.33. The molecule has 4 heteroatoms. The van der Waals surface area contributed by atoms with Crippen molar-refractivity contribution in [2.75, 3.05) is 0 Å². The molecule has 48 valence electrons. The van der Waals surface area contributed by atoms with Crippen LogP contribution in [0.5, 0.6) is 0 Å². The third-order valence-corrected chi connectivity index (χ3v) is 1.35. The highest BCUT2D eigenvalue weighted by atomic mass is 35.5. The molecule has 0 amide bonds. The summed E-state index contributed by atoms with van der Waals surface area (Å²) in [5.41, 5.74) is 0.836. The number of hydrogen-bond donors (Lipinski definition) is 1.